The van der Waals surface area contributed by atoms with Crippen molar-refractivity contribution in [2.75, 3.05) is 6.54 Å². The Morgan fingerprint density at radius 2 is 1.89 bits per heavy atom. The Labute approximate surface area is 223 Å². The van der Waals surface area contributed by atoms with Gasteiger partial charge >= 0.3 is 12.3 Å². The number of hydrogen-bond acceptors (Lipinski definition) is 6. The van der Waals surface area contributed by atoms with Crippen LogP contribution >= 0.6 is 11.6 Å². The van der Waals surface area contributed by atoms with Gasteiger partial charge in [0, 0.05) is 25.1 Å². The lowest BCUT2D eigenvalue weighted by atomic mass is 10.2. The largest absolute Gasteiger partial charge is 0.755 e. The molecule has 4 aromatic rings. The molecule has 2 heterocycles. The van der Waals surface area contributed by atoms with Gasteiger partial charge in [0.1, 0.15) is 11.6 Å². The van der Waals surface area contributed by atoms with E-state index in [1.165, 1.54) is 12.3 Å². The Bertz CT molecular complexity index is 1490. The Kier molecular flexibility index (Phi) is 8.05. The fourth-order valence-corrected chi connectivity index (χ4v) is 4.45. The van der Waals surface area contributed by atoms with Gasteiger partial charge in [0.25, 0.3) is 0 Å². The van der Waals surface area contributed by atoms with Crippen LogP contribution in [0, 0.1) is 6.92 Å². The van der Waals surface area contributed by atoms with Crippen molar-refractivity contribution in [1.29, 1.82) is 0 Å². The standard InChI is InChI=1S/C25H22ClF3N4O4S/c1-3-23-31-21-12-19(25(27,28)29)20(26)13-22(21)33(23)17-7-6-16(30-14-17)10-11-32(38(35)36)24(34)37-18-8-4-15(2)5-9-18/h4-9,12-14H,3,10-11H2,1-2H3,(H,35,36)/p-1. The summed E-state index contributed by atoms with van der Waals surface area (Å²) in [5.41, 5.74) is 1.53. The number of pyridine rings is 1. The van der Waals surface area contributed by atoms with E-state index >= 15 is 0 Å². The van der Waals surface area contributed by atoms with E-state index in [0.29, 0.717) is 33.4 Å². The number of alkyl halides is 3. The first-order valence-corrected chi connectivity index (χ1v) is 12.8. The summed E-state index contributed by atoms with van der Waals surface area (Å²) in [5.74, 6) is 0.719. The molecule has 0 bridgehead atoms. The molecule has 8 nitrogen and oxygen atoms in total. The summed E-state index contributed by atoms with van der Waals surface area (Å²) in [7, 11) is 0. The van der Waals surface area contributed by atoms with Crippen molar-refractivity contribution < 1.29 is 31.5 Å². The molecule has 2 aromatic carbocycles. The van der Waals surface area contributed by atoms with Crippen LogP contribution in [0.5, 0.6) is 5.75 Å². The van der Waals surface area contributed by atoms with Gasteiger partial charge in [-0.15, -0.1) is 0 Å². The van der Waals surface area contributed by atoms with Gasteiger partial charge in [-0.25, -0.2) is 14.1 Å². The van der Waals surface area contributed by atoms with E-state index in [1.54, 1.807) is 41.0 Å². The molecule has 1 atom stereocenters. The third-order valence-electron chi connectivity index (χ3n) is 5.68. The fraction of sp³-hybridized carbons (Fsp3) is 0.240. The molecule has 2 aromatic heterocycles. The third-order valence-corrected chi connectivity index (χ3v) is 6.69. The van der Waals surface area contributed by atoms with Crippen molar-refractivity contribution in [2.45, 2.75) is 32.9 Å². The Balaban J connectivity index is 1.53. The smallest absolute Gasteiger partial charge is 0.426 e. The highest BCUT2D eigenvalue weighted by molar-refractivity contribution is 7.77. The molecule has 0 saturated carbocycles. The van der Waals surface area contributed by atoms with E-state index in [4.69, 9.17) is 16.3 Å². The summed E-state index contributed by atoms with van der Waals surface area (Å²) in [5, 5.41) is -0.443. The predicted molar refractivity (Wildman–Crippen MR) is 135 cm³/mol. The lowest BCUT2D eigenvalue weighted by molar-refractivity contribution is -0.137. The number of nitrogens with zero attached hydrogens (tertiary/aromatic N) is 4. The summed E-state index contributed by atoms with van der Waals surface area (Å²) < 4.78 is 70.5. The summed E-state index contributed by atoms with van der Waals surface area (Å²) in [4.78, 5) is 21.0. The number of benzene rings is 2. The van der Waals surface area contributed by atoms with Gasteiger partial charge in [0.05, 0.1) is 44.8 Å². The van der Waals surface area contributed by atoms with Gasteiger partial charge in [-0.1, -0.05) is 36.2 Å². The van der Waals surface area contributed by atoms with Crippen LogP contribution in [0.2, 0.25) is 5.02 Å². The minimum absolute atomic E-state index is 0.101. The topological polar surface area (TPSA) is 100 Å². The maximum atomic E-state index is 13.3. The molecule has 0 N–H and O–H groups in total. The SMILES string of the molecule is CCc1nc2cc(C(F)(F)F)c(Cl)cc2n1-c1ccc(CCN(C(=O)Oc2ccc(C)cc2)S(=O)[O-])nc1. The van der Waals surface area contributed by atoms with E-state index in [-0.39, 0.29) is 24.2 Å². The molecule has 0 radical (unpaired) electrons. The first-order valence-electron chi connectivity index (χ1n) is 11.4. The van der Waals surface area contributed by atoms with Crippen molar-refractivity contribution in [3.63, 3.8) is 0 Å². The summed E-state index contributed by atoms with van der Waals surface area (Å²) in [6.45, 7) is 3.47. The van der Waals surface area contributed by atoms with Crippen LogP contribution in [0.1, 0.15) is 29.6 Å². The predicted octanol–water partition coefficient (Wildman–Crippen LogP) is 5.80. The van der Waals surface area contributed by atoms with Crippen molar-refractivity contribution in [2.24, 2.45) is 0 Å². The van der Waals surface area contributed by atoms with Crippen LogP contribution in [0.15, 0.2) is 54.7 Å². The van der Waals surface area contributed by atoms with Crippen LogP contribution < -0.4 is 4.74 Å². The van der Waals surface area contributed by atoms with Crippen LogP contribution in [0.3, 0.4) is 0 Å². The number of imidazole rings is 1. The van der Waals surface area contributed by atoms with Crippen LogP contribution in [-0.4, -0.2) is 40.2 Å². The highest BCUT2D eigenvalue weighted by Crippen LogP contribution is 2.37. The minimum Gasteiger partial charge on any atom is -0.755 e. The van der Waals surface area contributed by atoms with Crippen LogP contribution in [-0.2, 0) is 30.3 Å². The van der Waals surface area contributed by atoms with Gasteiger partial charge in [0.2, 0.25) is 0 Å². The first kappa shape index (κ1) is 27.6. The lowest BCUT2D eigenvalue weighted by Gasteiger charge is -2.23. The number of amides is 1. The number of fused-ring (bicyclic) bond motifs is 1. The second-order valence-corrected chi connectivity index (χ2v) is 9.58. The molecule has 38 heavy (non-hydrogen) atoms. The van der Waals surface area contributed by atoms with Crippen molar-refractivity contribution in [3.8, 4) is 11.4 Å². The molecular formula is C25H21ClF3N4O4S-. The molecule has 1 unspecified atom stereocenters. The number of aromatic nitrogens is 3. The van der Waals surface area contributed by atoms with Crippen molar-refractivity contribution in [3.05, 3.63) is 82.4 Å². The fourth-order valence-electron chi connectivity index (χ4n) is 3.79. The number of halogens is 4. The maximum Gasteiger partial charge on any atom is 0.426 e. The second kappa shape index (κ2) is 11.1. The molecule has 1 amide bonds. The van der Waals surface area contributed by atoms with Crippen molar-refractivity contribution >= 4 is 40.0 Å². The highest BCUT2D eigenvalue weighted by atomic mass is 35.5. The number of ether oxygens (including phenoxy) is 1. The van der Waals surface area contributed by atoms with Gasteiger partial charge in [0.15, 0.2) is 0 Å². The molecule has 0 aliphatic carbocycles. The molecule has 0 aliphatic rings. The van der Waals surface area contributed by atoms with E-state index in [1.807, 2.05) is 13.8 Å². The minimum atomic E-state index is -4.61. The number of aryl methyl sites for hydroxylation is 2. The van der Waals surface area contributed by atoms with Gasteiger partial charge in [-0.05, 0) is 43.3 Å². The normalized spacial score (nSPS) is 12.5. The molecular weight excluding hydrogens is 545 g/mol. The molecule has 13 heteroatoms. The summed E-state index contributed by atoms with van der Waals surface area (Å²) in [6.07, 6.45) is -3.64. The molecule has 4 rings (SSSR count). The van der Waals surface area contributed by atoms with E-state index in [2.05, 4.69) is 9.97 Å². The lowest BCUT2D eigenvalue weighted by Crippen LogP contribution is -2.36. The number of carbonyl (C=O) groups is 1. The summed E-state index contributed by atoms with van der Waals surface area (Å²) in [6, 6.07) is 12.0. The highest BCUT2D eigenvalue weighted by Gasteiger charge is 2.34. The third kappa shape index (κ3) is 5.98. The van der Waals surface area contributed by atoms with E-state index in [9.17, 15) is 26.7 Å². The number of rotatable bonds is 7. The molecule has 0 spiro atoms. The zero-order chi connectivity index (χ0) is 27.6. The molecule has 0 saturated heterocycles. The number of carbonyl (C=O) groups excluding carboxylic acids is 1. The monoisotopic (exact) mass is 565 g/mol. The van der Waals surface area contributed by atoms with Gasteiger partial charge in [-0.3, -0.25) is 13.8 Å². The Morgan fingerprint density at radius 3 is 2.47 bits per heavy atom. The van der Waals surface area contributed by atoms with Gasteiger partial charge < -0.3 is 9.29 Å². The molecule has 200 valence electrons. The Hall–Kier alpha value is -3.48. The molecule has 0 aliphatic heterocycles. The zero-order valence-electron chi connectivity index (χ0n) is 20.2. The second-order valence-electron chi connectivity index (χ2n) is 8.29. The Morgan fingerprint density at radius 1 is 1.18 bits per heavy atom. The summed E-state index contributed by atoms with van der Waals surface area (Å²) >= 11 is 3.07. The quantitative estimate of drug-likeness (QED) is 0.263. The maximum absolute atomic E-state index is 13.3. The first-order chi connectivity index (χ1) is 18.0. The van der Waals surface area contributed by atoms with E-state index < -0.39 is 34.1 Å². The average molecular weight is 566 g/mol. The van der Waals surface area contributed by atoms with Crippen LogP contribution in [0.25, 0.3) is 16.7 Å². The van der Waals surface area contributed by atoms with Crippen molar-refractivity contribution in [1.82, 2.24) is 18.8 Å². The van der Waals surface area contributed by atoms with E-state index in [0.717, 1.165) is 11.6 Å². The average Bonchev–Trinajstić information content (AvgIpc) is 3.22. The number of hydrogen-bond donors (Lipinski definition) is 0. The van der Waals surface area contributed by atoms with Gasteiger partial charge in [-0.2, -0.15) is 13.2 Å². The molecule has 0 fully saturated rings. The van der Waals surface area contributed by atoms with Crippen LogP contribution in [0.4, 0.5) is 18.0 Å². The zero-order valence-corrected chi connectivity index (χ0v) is 21.7.